The second-order valence-electron chi connectivity index (χ2n) is 6.57. The molecule has 0 saturated heterocycles. The number of nitrogens with two attached hydrogens (primary N) is 1. The Morgan fingerprint density at radius 2 is 1.52 bits per heavy atom. The van der Waals surface area contributed by atoms with Crippen molar-refractivity contribution < 1.29 is 14.3 Å². The first kappa shape index (κ1) is 22.7. The molecule has 7 heteroatoms. The maximum atomic E-state index is 11.2. The van der Waals surface area contributed by atoms with E-state index in [0.29, 0.717) is 24.7 Å². The molecule has 0 aliphatic carbocycles. The molecule has 2 amide bonds. The van der Waals surface area contributed by atoms with Gasteiger partial charge in [-0.2, -0.15) is 0 Å². The van der Waals surface area contributed by atoms with Crippen molar-refractivity contribution >= 4 is 30.2 Å². The van der Waals surface area contributed by atoms with Crippen molar-refractivity contribution in [1.29, 1.82) is 0 Å². The highest BCUT2D eigenvalue weighted by molar-refractivity contribution is 7.82. The Bertz CT molecular complexity index is 751. The fourth-order valence-electron chi connectivity index (χ4n) is 2.94. The number of rotatable bonds is 12. The number of unbranched alkanes of at least 4 members (excludes halogenated alkanes) is 2. The summed E-state index contributed by atoms with van der Waals surface area (Å²) in [4.78, 5) is 13.5. The molecule has 6 nitrogen and oxygen atoms in total. The van der Waals surface area contributed by atoms with Crippen molar-refractivity contribution in [2.24, 2.45) is 5.73 Å². The van der Waals surface area contributed by atoms with Crippen LogP contribution in [0.25, 0.3) is 0 Å². The molecule has 29 heavy (non-hydrogen) atoms. The van der Waals surface area contributed by atoms with Gasteiger partial charge in [0.25, 0.3) is 0 Å². The van der Waals surface area contributed by atoms with E-state index >= 15 is 0 Å². The fourth-order valence-corrected chi connectivity index (χ4v) is 3.06. The average molecular weight is 418 g/mol. The first-order chi connectivity index (χ1) is 14.0. The number of urea groups is 1. The second-order valence-corrected chi connectivity index (χ2v) is 6.97. The number of hydrogen-bond donors (Lipinski definition) is 2. The van der Waals surface area contributed by atoms with Crippen LogP contribution in [0.4, 0.5) is 16.2 Å². The lowest BCUT2D eigenvalue weighted by atomic mass is 10.2. The predicted octanol–water partition coefficient (Wildman–Crippen LogP) is 4.89. The maximum Gasteiger partial charge on any atom is 0.329 e. The number of ether oxygens (including phenoxy) is 2. The summed E-state index contributed by atoms with van der Waals surface area (Å²) in [7, 11) is 0. The number of thiol groups is 1. The standard InChI is InChI=1S/C22H31N3O3S/c1-3-24(4-2)18-11-13-20(14-12-18)27-15-6-5-7-16-28-21-10-8-9-19(17-21)25(29)22(23)26/h8-14,17,29H,3-7,15-16H2,1-2H3,(H2,23,26). The van der Waals surface area contributed by atoms with E-state index in [-0.39, 0.29) is 0 Å². The highest BCUT2D eigenvalue weighted by Gasteiger charge is 2.08. The van der Waals surface area contributed by atoms with Crippen molar-refractivity contribution in [1.82, 2.24) is 0 Å². The molecule has 0 radical (unpaired) electrons. The van der Waals surface area contributed by atoms with Crippen molar-refractivity contribution in [3.05, 3.63) is 48.5 Å². The Morgan fingerprint density at radius 3 is 2.10 bits per heavy atom. The fraction of sp³-hybridized carbons (Fsp3) is 0.409. The van der Waals surface area contributed by atoms with E-state index in [2.05, 4.69) is 43.7 Å². The van der Waals surface area contributed by atoms with E-state index in [9.17, 15) is 4.79 Å². The maximum absolute atomic E-state index is 11.2. The zero-order chi connectivity index (χ0) is 21.1. The van der Waals surface area contributed by atoms with Crippen molar-refractivity contribution in [2.45, 2.75) is 33.1 Å². The average Bonchev–Trinajstić information content (AvgIpc) is 2.74. The number of amides is 2. The molecule has 0 unspecified atom stereocenters. The molecule has 0 aliphatic heterocycles. The van der Waals surface area contributed by atoms with Crippen molar-refractivity contribution in [3.63, 3.8) is 0 Å². The van der Waals surface area contributed by atoms with Gasteiger partial charge in [-0.25, -0.2) is 9.10 Å². The van der Waals surface area contributed by atoms with Gasteiger partial charge in [0, 0.05) is 24.8 Å². The van der Waals surface area contributed by atoms with Crippen molar-refractivity contribution in [2.75, 3.05) is 35.5 Å². The minimum absolute atomic E-state index is 0.582. The van der Waals surface area contributed by atoms with Gasteiger partial charge in [-0.3, -0.25) is 0 Å². The van der Waals surface area contributed by atoms with Crippen LogP contribution >= 0.6 is 12.8 Å². The minimum atomic E-state index is -0.631. The second kappa shape index (κ2) is 12.1. The third-order valence-electron chi connectivity index (χ3n) is 4.56. The lowest BCUT2D eigenvalue weighted by molar-refractivity contribution is 0.257. The number of carbonyl (C=O) groups is 1. The van der Waals surface area contributed by atoms with Crippen LogP contribution in [0.3, 0.4) is 0 Å². The van der Waals surface area contributed by atoms with Crippen LogP contribution in [0.2, 0.25) is 0 Å². The van der Waals surface area contributed by atoms with E-state index in [0.717, 1.165) is 42.4 Å². The number of hydrogen-bond acceptors (Lipinski definition) is 5. The third kappa shape index (κ3) is 7.42. The number of nitrogens with zero attached hydrogens (tertiary/aromatic N) is 2. The van der Waals surface area contributed by atoms with E-state index in [1.807, 2.05) is 18.2 Å². The van der Waals surface area contributed by atoms with E-state index in [1.165, 1.54) is 5.69 Å². The monoisotopic (exact) mass is 417 g/mol. The van der Waals surface area contributed by atoms with Gasteiger partial charge in [-0.05, 0) is 69.5 Å². The van der Waals surface area contributed by atoms with Gasteiger partial charge in [0.1, 0.15) is 11.5 Å². The molecule has 0 aromatic heterocycles. The molecule has 158 valence electrons. The molecule has 0 heterocycles. The van der Waals surface area contributed by atoms with Gasteiger partial charge in [0.2, 0.25) is 0 Å². The van der Waals surface area contributed by atoms with Gasteiger partial charge in [0.05, 0.1) is 18.9 Å². The Kier molecular flexibility index (Phi) is 9.50. The lowest BCUT2D eigenvalue weighted by Crippen LogP contribution is -2.27. The molecule has 0 aliphatic rings. The van der Waals surface area contributed by atoms with E-state index in [4.69, 9.17) is 15.2 Å². The molecular weight excluding hydrogens is 386 g/mol. The minimum Gasteiger partial charge on any atom is -0.494 e. The normalized spacial score (nSPS) is 10.4. The van der Waals surface area contributed by atoms with Crippen molar-refractivity contribution in [3.8, 4) is 11.5 Å². The molecule has 0 spiro atoms. The molecule has 2 aromatic carbocycles. The third-order valence-corrected chi connectivity index (χ3v) is 4.99. The van der Waals surface area contributed by atoms with Crippen LogP contribution in [0.5, 0.6) is 11.5 Å². The Balaban J connectivity index is 1.63. The predicted molar refractivity (Wildman–Crippen MR) is 122 cm³/mol. The summed E-state index contributed by atoms with van der Waals surface area (Å²) in [6.45, 7) is 7.61. The molecule has 0 bridgehead atoms. The lowest BCUT2D eigenvalue weighted by Gasteiger charge is -2.21. The summed E-state index contributed by atoms with van der Waals surface area (Å²) in [6.07, 6.45) is 2.90. The molecular formula is C22H31N3O3S. The quantitative estimate of drug-likeness (QED) is 0.381. The largest absolute Gasteiger partial charge is 0.494 e. The number of carbonyl (C=O) groups excluding carboxylic acids is 1. The Morgan fingerprint density at radius 1 is 0.897 bits per heavy atom. The van der Waals surface area contributed by atoms with Crippen LogP contribution < -0.4 is 24.4 Å². The number of primary amides is 1. The molecule has 2 N–H and O–H groups in total. The molecule has 0 atom stereocenters. The molecule has 2 rings (SSSR count). The Labute approximate surface area is 179 Å². The molecule has 0 saturated carbocycles. The van der Waals surface area contributed by atoms with Crippen LogP contribution in [-0.2, 0) is 0 Å². The summed E-state index contributed by atoms with van der Waals surface area (Å²) < 4.78 is 12.6. The topological polar surface area (TPSA) is 68.0 Å². The summed E-state index contributed by atoms with van der Waals surface area (Å²) >= 11 is 4.05. The van der Waals surface area contributed by atoms with E-state index < -0.39 is 6.03 Å². The highest BCUT2D eigenvalue weighted by Crippen LogP contribution is 2.23. The Hall–Kier alpha value is -2.54. The summed E-state index contributed by atoms with van der Waals surface area (Å²) in [5.74, 6) is 1.59. The number of benzene rings is 2. The highest BCUT2D eigenvalue weighted by atomic mass is 32.1. The SMILES string of the molecule is CCN(CC)c1ccc(OCCCCCOc2cccc(N(S)C(N)=O)c2)cc1. The molecule has 2 aromatic rings. The first-order valence-corrected chi connectivity index (χ1v) is 10.4. The smallest absolute Gasteiger partial charge is 0.329 e. The summed E-state index contributed by atoms with van der Waals surface area (Å²) in [6, 6.07) is 14.8. The van der Waals surface area contributed by atoms with Gasteiger partial charge in [-0.15, -0.1) is 0 Å². The number of anilines is 2. The molecule has 0 fully saturated rings. The van der Waals surface area contributed by atoms with Crippen LogP contribution in [0, 0.1) is 0 Å². The van der Waals surface area contributed by atoms with E-state index in [1.54, 1.807) is 18.2 Å². The van der Waals surface area contributed by atoms with Crippen LogP contribution in [0.1, 0.15) is 33.1 Å². The van der Waals surface area contributed by atoms with Gasteiger partial charge in [0.15, 0.2) is 0 Å². The first-order valence-electron chi connectivity index (χ1n) is 10.0. The summed E-state index contributed by atoms with van der Waals surface area (Å²) in [5, 5.41) is 0. The van der Waals surface area contributed by atoms with Crippen LogP contribution in [-0.4, -0.2) is 32.3 Å². The van der Waals surface area contributed by atoms with Gasteiger partial charge < -0.3 is 20.1 Å². The summed E-state index contributed by atoms with van der Waals surface area (Å²) in [5.41, 5.74) is 7.02. The van der Waals surface area contributed by atoms with Crippen LogP contribution in [0.15, 0.2) is 48.5 Å². The van der Waals surface area contributed by atoms with Gasteiger partial charge in [-0.1, -0.05) is 18.9 Å². The zero-order valence-electron chi connectivity index (χ0n) is 17.2. The zero-order valence-corrected chi connectivity index (χ0v) is 18.1. The van der Waals surface area contributed by atoms with Gasteiger partial charge >= 0.3 is 6.03 Å².